The van der Waals surface area contributed by atoms with Gasteiger partial charge in [0.05, 0.1) is 11.5 Å². The van der Waals surface area contributed by atoms with Gasteiger partial charge in [-0.3, -0.25) is 4.79 Å². The molecule has 17 heavy (non-hydrogen) atoms. The van der Waals surface area contributed by atoms with Crippen molar-refractivity contribution in [1.82, 2.24) is 4.90 Å². The molecule has 98 valence electrons. The molecule has 1 aliphatic heterocycles. The number of nitrogens with zero attached hydrogens (tertiary/aromatic N) is 1. The van der Waals surface area contributed by atoms with Crippen LogP contribution in [0.4, 0.5) is 13.2 Å². The first-order valence-corrected chi connectivity index (χ1v) is 5.98. The Balaban J connectivity index is 2.00. The van der Waals surface area contributed by atoms with E-state index in [2.05, 4.69) is 0 Å². The number of alkyl halides is 3. The molecule has 3 nitrogen and oxygen atoms in total. The van der Waals surface area contributed by atoms with Crippen LogP contribution in [0.5, 0.6) is 0 Å². The highest BCUT2D eigenvalue weighted by atomic mass is 19.4. The second-order valence-electron chi connectivity index (χ2n) is 5.14. The number of hydrogen-bond donors (Lipinski definition) is 1. The molecule has 2 N–H and O–H groups in total. The molecule has 0 aromatic heterocycles. The van der Waals surface area contributed by atoms with Gasteiger partial charge in [-0.25, -0.2) is 0 Å². The van der Waals surface area contributed by atoms with Gasteiger partial charge >= 0.3 is 6.18 Å². The predicted molar refractivity (Wildman–Crippen MR) is 56.1 cm³/mol. The van der Waals surface area contributed by atoms with Crippen molar-refractivity contribution in [3.63, 3.8) is 0 Å². The highest BCUT2D eigenvalue weighted by Crippen LogP contribution is 2.36. The number of nitrogens with two attached hydrogens (primary N) is 1. The van der Waals surface area contributed by atoms with Crippen molar-refractivity contribution in [3.8, 4) is 0 Å². The summed E-state index contributed by atoms with van der Waals surface area (Å²) in [6.45, 7) is 0.186. The highest BCUT2D eigenvalue weighted by Gasteiger charge is 2.47. The van der Waals surface area contributed by atoms with Gasteiger partial charge in [-0.15, -0.1) is 0 Å². The first-order chi connectivity index (χ1) is 7.83. The van der Waals surface area contributed by atoms with Gasteiger partial charge in [0.2, 0.25) is 5.91 Å². The second-order valence-corrected chi connectivity index (χ2v) is 5.14. The number of amides is 1. The molecule has 0 aromatic rings. The summed E-state index contributed by atoms with van der Waals surface area (Å²) in [7, 11) is 0. The molecule has 1 saturated heterocycles. The van der Waals surface area contributed by atoms with Crippen LogP contribution >= 0.6 is 0 Å². The third kappa shape index (κ3) is 2.41. The first kappa shape index (κ1) is 12.7. The van der Waals surface area contributed by atoms with Crippen LogP contribution in [-0.2, 0) is 4.79 Å². The molecular weight excluding hydrogens is 233 g/mol. The monoisotopic (exact) mass is 250 g/mol. The van der Waals surface area contributed by atoms with Crippen LogP contribution in [0.25, 0.3) is 0 Å². The molecule has 1 heterocycles. The van der Waals surface area contributed by atoms with Crippen molar-refractivity contribution in [1.29, 1.82) is 0 Å². The van der Waals surface area contributed by atoms with E-state index in [-0.39, 0.29) is 18.9 Å². The highest BCUT2D eigenvalue weighted by molar-refractivity contribution is 5.87. The minimum atomic E-state index is -4.21. The molecule has 0 bridgehead atoms. The topological polar surface area (TPSA) is 46.3 Å². The van der Waals surface area contributed by atoms with E-state index in [0.717, 1.165) is 6.42 Å². The third-order valence-corrected chi connectivity index (χ3v) is 3.84. The SMILES string of the molecule is NC1(C(=O)N2CCCC(C(F)(F)F)C2)CCC1. The Bertz CT molecular complexity index is 312. The maximum Gasteiger partial charge on any atom is 0.393 e. The molecule has 0 aromatic carbocycles. The van der Waals surface area contributed by atoms with E-state index in [4.69, 9.17) is 5.73 Å². The van der Waals surface area contributed by atoms with Crippen LogP contribution in [0.1, 0.15) is 32.1 Å². The van der Waals surface area contributed by atoms with Crippen LogP contribution in [0.3, 0.4) is 0 Å². The summed E-state index contributed by atoms with van der Waals surface area (Å²) in [5.41, 5.74) is 4.98. The largest absolute Gasteiger partial charge is 0.393 e. The summed E-state index contributed by atoms with van der Waals surface area (Å²) in [4.78, 5) is 13.3. The summed E-state index contributed by atoms with van der Waals surface area (Å²) in [6, 6.07) is 0. The lowest BCUT2D eigenvalue weighted by Crippen LogP contribution is -2.61. The molecule has 1 unspecified atom stereocenters. The van der Waals surface area contributed by atoms with Gasteiger partial charge in [0.15, 0.2) is 0 Å². The van der Waals surface area contributed by atoms with Crippen LogP contribution in [0.15, 0.2) is 0 Å². The maximum absolute atomic E-state index is 12.6. The quantitative estimate of drug-likeness (QED) is 0.769. The molecule has 1 aliphatic carbocycles. The standard InChI is InChI=1S/C11H17F3N2O/c12-11(13,14)8-3-1-6-16(7-8)9(17)10(15)4-2-5-10/h8H,1-7,15H2. The normalized spacial score (nSPS) is 28.7. The fraction of sp³-hybridized carbons (Fsp3) is 0.909. The van der Waals surface area contributed by atoms with Gasteiger partial charge in [-0.2, -0.15) is 13.2 Å². The first-order valence-electron chi connectivity index (χ1n) is 5.98. The molecule has 0 spiro atoms. The summed E-state index contributed by atoms with van der Waals surface area (Å²) >= 11 is 0. The summed E-state index contributed by atoms with van der Waals surface area (Å²) in [5, 5.41) is 0. The lowest BCUT2D eigenvalue weighted by Gasteiger charge is -2.43. The van der Waals surface area contributed by atoms with Crippen molar-refractivity contribution in [2.75, 3.05) is 13.1 Å². The fourth-order valence-corrected chi connectivity index (χ4v) is 2.52. The van der Waals surface area contributed by atoms with Gasteiger partial charge in [-0.05, 0) is 32.1 Å². The molecule has 2 fully saturated rings. The molecule has 1 saturated carbocycles. The van der Waals surface area contributed by atoms with Crippen LogP contribution in [0.2, 0.25) is 0 Å². The molecule has 1 amide bonds. The van der Waals surface area contributed by atoms with Gasteiger partial charge in [0.1, 0.15) is 0 Å². The average Bonchev–Trinajstić information content (AvgIpc) is 2.24. The van der Waals surface area contributed by atoms with Gasteiger partial charge in [-0.1, -0.05) is 0 Å². The van der Waals surface area contributed by atoms with Crippen LogP contribution in [-0.4, -0.2) is 35.6 Å². The number of halogens is 3. The zero-order chi connectivity index (χ0) is 12.7. The van der Waals surface area contributed by atoms with Crippen LogP contribution in [0, 0.1) is 5.92 Å². The number of carbonyl (C=O) groups is 1. The number of rotatable bonds is 1. The Labute approximate surface area is 98.1 Å². The van der Waals surface area contributed by atoms with Gasteiger partial charge < -0.3 is 10.6 Å². The third-order valence-electron chi connectivity index (χ3n) is 3.84. The van der Waals surface area contributed by atoms with Crippen molar-refractivity contribution in [3.05, 3.63) is 0 Å². The lowest BCUT2D eigenvalue weighted by molar-refractivity contribution is -0.189. The fourth-order valence-electron chi connectivity index (χ4n) is 2.52. The number of hydrogen-bond acceptors (Lipinski definition) is 2. The Kier molecular flexibility index (Phi) is 3.10. The molecular formula is C11H17F3N2O. The smallest absolute Gasteiger partial charge is 0.340 e. The Hall–Kier alpha value is -0.780. The Morgan fingerprint density at radius 2 is 1.94 bits per heavy atom. The Morgan fingerprint density at radius 3 is 2.41 bits per heavy atom. The number of piperidine rings is 1. The molecule has 1 atom stereocenters. The van der Waals surface area contributed by atoms with E-state index in [1.165, 1.54) is 4.90 Å². The second kappa shape index (κ2) is 4.15. The zero-order valence-electron chi connectivity index (χ0n) is 9.59. The molecule has 2 rings (SSSR count). The van der Waals surface area contributed by atoms with Gasteiger partial charge in [0.25, 0.3) is 0 Å². The minimum Gasteiger partial charge on any atom is -0.340 e. The van der Waals surface area contributed by atoms with E-state index >= 15 is 0 Å². The lowest BCUT2D eigenvalue weighted by atomic mass is 9.76. The van der Waals surface area contributed by atoms with E-state index in [0.29, 0.717) is 25.8 Å². The summed E-state index contributed by atoms with van der Waals surface area (Å²) in [5.74, 6) is -1.68. The number of likely N-dealkylation sites (tertiary alicyclic amines) is 1. The van der Waals surface area contributed by atoms with Crippen LogP contribution < -0.4 is 5.73 Å². The van der Waals surface area contributed by atoms with E-state index in [1.807, 2.05) is 0 Å². The predicted octanol–water partition coefficient (Wildman–Crippen LogP) is 1.67. The van der Waals surface area contributed by atoms with Gasteiger partial charge in [0, 0.05) is 13.1 Å². The van der Waals surface area contributed by atoms with Crippen molar-refractivity contribution in [2.24, 2.45) is 11.7 Å². The zero-order valence-corrected chi connectivity index (χ0v) is 9.59. The maximum atomic E-state index is 12.6. The summed E-state index contributed by atoms with van der Waals surface area (Å²) < 4.78 is 37.8. The van der Waals surface area contributed by atoms with Crippen molar-refractivity contribution < 1.29 is 18.0 Å². The average molecular weight is 250 g/mol. The van der Waals surface area contributed by atoms with E-state index in [9.17, 15) is 18.0 Å². The Morgan fingerprint density at radius 1 is 1.29 bits per heavy atom. The minimum absolute atomic E-state index is 0.116. The molecule has 0 radical (unpaired) electrons. The van der Waals surface area contributed by atoms with Crippen molar-refractivity contribution >= 4 is 5.91 Å². The number of carbonyl (C=O) groups excluding carboxylic acids is 1. The molecule has 6 heteroatoms. The molecule has 2 aliphatic rings. The van der Waals surface area contributed by atoms with E-state index in [1.54, 1.807) is 0 Å². The van der Waals surface area contributed by atoms with Crippen molar-refractivity contribution in [2.45, 2.75) is 43.8 Å². The van der Waals surface area contributed by atoms with E-state index < -0.39 is 17.6 Å². The summed E-state index contributed by atoms with van der Waals surface area (Å²) in [6.07, 6.45) is -1.60.